The van der Waals surface area contributed by atoms with Crippen molar-refractivity contribution in [1.29, 1.82) is 0 Å². The Kier molecular flexibility index (Phi) is 6.06. The van der Waals surface area contributed by atoms with Crippen LogP contribution in [0.2, 0.25) is 4.34 Å². The van der Waals surface area contributed by atoms with Crippen molar-refractivity contribution in [3.63, 3.8) is 0 Å². The first-order chi connectivity index (χ1) is 14.5. The highest BCUT2D eigenvalue weighted by molar-refractivity contribution is 7.18. The summed E-state index contributed by atoms with van der Waals surface area (Å²) >= 11 is 7.35. The lowest BCUT2D eigenvalue weighted by atomic mass is 10.1. The molecule has 4 heterocycles. The van der Waals surface area contributed by atoms with Gasteiger partial charge in [-0.2, -0.15) is 9.78 Å². The van der Waals surface area contributed by atoms with E-state index in [1.807, 2.05) is 6.07 Å². The van der Waals surface area contributed by atoms with Crippen molar-refractivity contribution >= 4 is 40.4 Å². The molecule has 1 saturated heterocycles. The van der Waals surface area contributed by atoms with E-state index in [9.17, 15) is 4.79 Å². The number of carbonyl (C=O) groups is 1. The average molecular weight is 450 g/mol. The number of hydrogen-bond acceptors (Lipinski definition) is 10. The number of nitrogens with two attached hydrogens (primary N) is 1. The molecule has 158 valence electrons. The highest BCUT2D eigenvalue weighted by atomic mass is 35.5. The number of halogens is 1. The third-order valence-electron chi connectivity index (χ3n) is 4.73. The minimum atomic E-state index is -0.489. The third-order valence-corrected chi connectivity index (χ3v) is 6.07. The van der Waals surface area contributed by atoms with Gasteiger partial charge in [-0.15, -0.1) is 16.4 Å². The SMILES string of the molecule is C/C(=N\NC(=O)c1c(CN2CCCCC2)nnn1-c1nonc1N)c1ccc(Cl)s1. The fourth-order valence-electron chi connectivity index (χ4n) is 3.21. The van der Waals surface area contributed by atoms with Crippen LogP contribution in [0.5, 0.6) is 0 Å². The monoisotopic (exact) mass is 449 g/mol. The summed E-state index contributed by atoms with van der Waals surface area (Å²) in [6.07, 6.45) is 3.43. The topological polar surface area (TPSA) is 140 Å². The van der Waals surface area contributed by atoms with Gasteiger partial charge in [-0.05, 0) is 55.3 Å². The third kappa shape index (κ3) is 4.35. The molecule has 1 fully saturated rings. The minimum Gasteiger partial charge on any atom is -0.378 e. The molecule has 1 amide bonds. The number of piperidine rings is 1. The van der Waals surface area contributed by atoms with Gasteiger partial charge in [0.15, 0.2) is 5.69 Å². The lowest BCUT2D eigenvalue weighted by Crippen LogP contribution is -2.31. The number of hydrogen-bond donors (Lipinski definition) is 2. The van der Waals surface area contributed by atoms with Crippen LogP contribution in [0.25, 0.3) is 5.82 Å². The van der Waals surface area contributed by atoms with Crippen LogP contribution in [-0.2, 0) is 6.54 Å². The standard InChI is InChI=1S/C17H20ClN9O2S/c1-10(12-5-6-13(18)30-12)20-22-17(28)14-11(9-26-7-3-2-4-8-26)21-25-27(14)16-15(19)23-29-24-16/h5-6H,2-4,7-9H2,1H3,(H2,19,23)(H,22,28)/b20-10+. The summed E-state index contributed by atoms with van der Waals surface area (Å²) in [6.45, 7) is 4.15. The van der Waals surface area contributed by atoms with E-state index in [1.165, 1.54) is 22.4 Å². The molecule has 30 heavy (non-hydrogen) atoms. The van der Waals surface area contributed by atoms with Crippen LogP contribution in [0.4, 0.5) is 5.82 Å². The Labute approximate surface area is 180 Å². The lowest BCUT2D eigenvalue weighted by Gasteiger charge is -2.25. The molecule has 0 bridgehead atoms. The van der Waals surface area contributed by atoms with Gasteiger partial charge in [0.25, 0.3) is 5.91 Å². The molecule has 4 rings (SSSR count). The Morgan fingerprint density at radius 2 is 2.13 bits per heavy atom. The summed E-state index contributed by atoms with van der Waals surface area (Å²) in [4.78, 5) is 16.1. The molecule has 1 aliphatic rings. The van der Waals surface area contributed by atoms with E-state index in [2.05, 4.69) is 40.7 Å². The molecule has 0 unspecified atom stereocenters. The smallest absolute Gasteiger partial charge is 0.292 e. The van der Waals surface area contributed by atoms with E-state index in [0.717, 1.165) is 30.8 Å². The van der Waals surface area contributed by atoms with Gasteiger partial charge < -0.3 is 5.73 Å². The van der Waals surface area contributed by atoms with Crippen LogP contribution in [0, 0.1) is 0 Å². The largest absolute Gasteiger partial charge is 0.378 e. The first-order valence-electron chi connectivity index (χ1n) is 9.38. The molecule has 0 radical (unpaired) electrons. The maximum absolute atomic E-state index is 13.1. The van der Waals surface area contributed by atoms with Crippen molar-refractivity contribution in [2.45, 2.75) is 32.7 Å². The average Bonchev–Trinajstić information content (AvgIpc) is 3.46. The molecule has 0 spiro atoms. The Balaban J connectivity index is 1.62. The summed E-state index contributed by atoms with van der Waals surface area (Å²) < 4.78 is 6.53. The van der Waals surface area contributed by atoms with Crippen molar-refractivity contribution in [3.05, 3.63) is 32.7 Å². The number of aromatic nitrogens is 5. The van der Waals surface area contributed by atoms with Gasteiger partial charge in [-0.25, -0.2) is 10.1 Å². The van der Waals surface area contributed by atoms with Crippen molar-refractivity contribution in [1.82, 2.24) is 35.6 Å². The molecular weight excluding hydrogens is 430 g/mol. The maximum atomic E-state index is 13.1. The van der Waals surface area contributed by atoms with Gasteiger partial charge in [0.05, 0.1) is 14.9 Å². The summed E-state index contributed by atoms with van der Waals surface area (Å²) in [5, 5.41) is 19.8. The van der Waals surface area contributed by atoms with Gasteiger partial charge in [0.1, 0.15) is 5.69 Å². The Morgan fingerprint density at radius 1 is 1.33 bits per heavy atom. The van der Waals surface area contributed by atoms with Crippen molar-refractivity contribution in [2.24, 2.45) is 5.10 Å². The molecule has 13 heteroatoms. The Bertz CT molecular complexity index is 1070. The molecule has 0 aliphatic carbocycles. The summed E-state index contributed by atoms with van der Waals surface area (Å²) in [7, 11) is 0. The van der Waals surface area contributed by atoms with Crippen LogP contribution in [-0.4, -0.2) is 54.9 Å². The predicted octanol–water partition coefficient (Wildman–Crippen LogP) is 2.09. The van der Waals surface area contributed by atoms with E-state index in [-0.39, 0.29) is 17.3 Å². The van der Waals surface area contributed by atoms with Crippen LogP contribution in [0.1, 0.15) is 47.2 Å². The molecule has 0 saturated carbocycles. The number of anilines is 1. The number of hydrazone groups is 1. The van der Waals surface area contributed by atoms with Gasteiger partial charge in [-0.1, -0.05) is 23.2 Å². The number of likely N-dealkylation sites (tertiary alicyclic amines) is 1. The quantitative estimate of drug-likeness (QED) is 0.430. The number of rotatable bonds is 6. The van der Waals surface area contributed by atoms with Gasteiger partial charge in [0, 0.05) is 6.54 Å². The van der Waals surface area contributed by atoms with E-state index >= 15 is 0 Å². The molecule has 0 atom stereocenters. The van der Waals surface area contributed by atoms with E-state index in [4.69, 9.17) is 17.3 Å². The molecule has 3 aromatic heterocycles. The summed E-state index contributed by atoms with van der Waals surface area (Å²) in [6, 6.07) is 3.62. The van der Waals surface area contributed by atoms with E-state index in [1.54, 1.807) is 13.0 Å². The molecule has 1 aliphatic heterocycles. The minimum absolute atomic E-state index is 0.00591. The number of thiophene rings is 1. The van der Waals surface area contributed by atoms with Crippen molar-refractivity contribution in [2.75, 3.05) is 18.8 Å². The zero-order valence-electron chi connectivity index (χ0n) is 16.2. The highest BCUT2D eigenvalue weighted by Gasteiger charge is 2.26. The molecule has 0 aromatic carbocycles. The zero-order chi connectivity index (χ0) is 21.1. The summed E-state index contributed by atoms with van der Waals surface area (Å²) in [5.74, 6) is -0.383. The number of nitrogens with zero attached hydrogens (tertiary/aromatic N) is 7. The lowest BCUT2D eigenvalue weighted by molar-refractivity contribution is 0.0944. The number of amides is 1. The maximum Gasteiger partial charge on any atom is 0.292 e. The van der Waals surface area contributed by atoms with Crippen LogP contribution in [0.15, 0.2) is 21.9 Å². The second kappa shape index (κ2) is 8.90. The second-order valence-electron chi connectivity index (χ2n) is 6.85. The summed E-state index contributed by atoms with van der Waals surface area (Å²) in [5.41, 5.74) is 9.68. The van der Waals surface area contributed by atoms with E-state index in [0.29, 0.717) is 22.3 Å². The number of carbonyl (C=O) groups excluding carboxylic acids is 1. The van der Waals surface area contributed by atoms with Crippen LogP contribution < -0.4 is 11.2 Å². The van der Waals surface area contributed by atoms with Crippen LogP contribution in [0.3, 0.4) is 0 Å². The molecule has 3 N–H and O–H groups in total. The molecule has 3 aromatic rings. The fourth-order valence-corrected chi connectivity index (χ4v) is 4.20. The molecular formula is C17H20ClN9O2S. The Morgan fingerprint density at radius 3 is 2.80 bits per heavy atom. The first-order valence-corrected chi connectivity index (χ1v) is 10.6. The molecule has 11 nitrogen and oxygen atoms in total. The van der Waals surface area contributed by atoms with Crippen LogP contribution >= 0.6 is 22.9 Å². The highest BCUT2D eigenvalue weighted by Crippen LogP contribution is 2.22. The first kappa shape index (κ1) is 20.4. The van der Waals surface area contributed by atoms with Gasteiger partial charge >= 0.3 is 0 Å². The van der Waals surface area contributed by atoms with Crippen molar-refractivity contribution < 1.29 is 9.42 Å². The van der Waals surface area contributed by atoms with Gasteiger partial charge in [-0.3, -0.25) is 9.69 Å². The number of nitrogens with one attached hydrogen (secondary N) is 1. The normalized spacial score (nSPS) is 15.5. The second-order valence-corrected chi connectivity index (χ2v) is 8.56. The Hall–Kier alpha value is -2.83. The zero-order valence-corrected chi connectivity index (χ0v) is 17.8. The number of nitrogen functional groups attached to an aromatic ring is 1. The van der Waals surface area contributed by atoms with Gasteiger partial charge in [0.2, 0.25) is 11.6 Å². The fraction of sp³-hybridized carbons (Fsp3) is 0.412. The predicted molar refractivity (Wildman–Crippen MR) is 112 cm³/mol. The van der Waals surface area contributed by atoms with E-state index < -0.39 is 5.91 Å². The van der Waals surface area contributed by atoms with Crippen molar-refractivity contribution in [3.8, 4) is 5.82 Å².